The van der Waals surface area contributed by atoms with Gasteiger partial charge in [0, 0.05) is 19.0 Å². The Labute approximate surface area is 105 Å². The van der Waals surface area contributed by atoms with Crippen molar-refractivity contribution in [3.8, 4) is 0 Å². The van der Waals surface area contributed by atoms with E-state index in [9.17, 15) is 9.90 Å². The van der Waals surface area contributed by atoms with E-state index in [4.69, 9.17) is 9.15 Å². The molecule has 1 unspecified atom stereocenters. The summed E-state index contributed by atoms with van der Waals surface area (Å²) in [5, 5.41) is 9.63. The third kappa shape index (κ3) is 2.26. The standard InChI is InChI=1S/C12H16N2O4/c15-9-5-14(3-4-17-6-9)12(16)10-11(8-1-2-8)18-7-13-10/h7-9,15H,1-6H2. The first kappa shape index (κ1) is 11.7. The molecule has 1 aliphatic heterocycles. The molecule has 2 heterocycles. The minimum absolute atomic E-state index is 0.171. The fourth-order valence-electron chi connectivity index (χ4n) is 2.18. The molecule has 0 bridgehead atoms. The van der Waals surface area contributed by atoms with Gasteiger partial charge < -0.3 is 19.2 Å². The zero-order chi connectivity index (χ0) is 12.5. The third-order valence-electron chi connectivity index (χ3n) is 3.28. The summed E-state index contributed by atoms with van der Waals surface area (Å²) in [6.45, 7) is 1.49. The molecule has 2 aliphatic rings. The first-order valence-electron chi connectivity index (χ1n) is 6.24. The highest BCUT2D eigenvalue weighted by Crippen LogP contribution is 2.41. The van der Waals surface area contributed by atoms with Crippen molar-refractivity contribution in [2.45, 2.75) is 24.9 Å². The van der Waals surface area contributed by atoms with Crippen molar-refractivity contribution in [2.24, 2.45) is 0 Å². The maximum atomic E-state index is 12.3. The van der Waals surface area contributed by atoms with E-state index in [1.807, 2.05) is 0 Å². The molecular formula is C12H16N2O4. The third-order valence-corrected chi connectivity index (χ3v) is 3.28. The van der Waals surface area contributed by atoms with Crippen molar-refractivity contribution in [3.63, 3.8) is 0 Å². The molecule has 18 heavy (non-hydrogen) atoms. The van der Waals surface area contributed by atoms with Gasteiger partial charge in [-0.05, 0) is 12.8 Å². The van der Waals surface area contributed by atoms with Crippen LogP contribution in [0.3, 0.4) is 0 Å². The lowest BCUT2D eigenvalue weighted by molar-refractivity contribution is 0.0532. The lowest BCUT2D eigenvalue weighted by Gasteiger charge is -2.20. The smallest absolute Gasteiger partial charge is 0.276 e. The molecule has 0 radical (unpaired) electrons. The van der Waals surface area contributed by atoms with Crippen LogP contribution in [0.1, 0.15) is 35.0 Å². The molecular weight excluding hydrogens is 236 g/mol. The molecule has 1 N–H and O–H groups in total. The van der Waals surface area contributed by atoms with Gasteiger partial charge in [0.1, 0.15) is 5.76 Å². The van der Waals surface area contributed by atoms with Crippen LogP contribution in [-0.2, 0) is 4.74 Å². The summed E-state index contributed by atoms with van der Waals surface area (Å²) < 4.78 is 10.5. The van der Waals surface area contributed by atoms with Crippen LogP contribution >= 0.6 is 0 Å². The number of aliphatic hydroxyl groups excluding tert-OH is 1. The van der Waals surface area contributed by atoms with Crippen LogP contribution in [0.15, 0.2) is 10.8 Å². The van der Waals surface area contributed by atoms with E-state index >= 15 is 0 Å². The maximum Gasteiger partial charge on any atom is 0.276 e. The number of nitrogens with zero attached hydrogens (tertiary/aromatic N) is 2. The Morgan fingerprint density at radius 1 is 1.50 bits per heavy atom. The summed E-state index contributed by atoms with van der Waals surface area (Å²) >= 11 is 0. The molecule has 1 aromatic heterocycles. The highest BCUT2D eigenvalue weighted by atomic mass is 16.5. The molecule has 0 aromatic carbocycles. The Hall–Kier alpha value is -1.40. The van der Waals surface area contributed by atoms with E-state index in [1.165, 1.54) is 6.39 Å². The Balaban J connectivity index is 1.78. The molecule has 1 aliphatic carbocycles. The largest absolute Gasteiger partial charge is 0.447 e. The van der Waals surface area contributed by atoms with Gasteiger partial charge in [-0.1, -0.05) is 0 Å². The van der Waals surface area contributed by atoms with E-state index in [0.29, 0.717) is 30.5 Å². The first-order valence-corrected chi connectivity index (χ1v) is 6.24. The molecule has 1 atom stereocenters. The van der Waals surface area contributed by atoms with Gasteiger partial charge in [-0.2, -0.15) is 0 Å². The summed E-state index contributed by atoms with van der Waals surface area (Å²) in [5.74, 6) is 0.870. The Bertz CT molecular complexity index is 441. The maximum absolute atomic E-state index is 12.3. The summed E-state index contributed by atoms with van der Waals surface area (Å²) in [7, 11) is 0. The Kier molecular flexibility index (Phi) is 3.05. The van der Waals surface area contributed by atoms with E-state index < -0.39 is 6.10 Å². The monoisotopic (exact) mass is 252 g/mol. The van der Waals surface area contributed by atoms with Crippen LogP contribution in [0.2, 0.25) is 0 Å². The molecule has 1 aromatic rings. The second-order valence-electron chi connectivity index (χ2n) is 4.82. The quantitative estimate of drug-likeness (QED) is 0.823. The lowest BCUT2D eigenvalue weighted by atomic mass is 10.2. The number of aromatic nitrogens is 1. The van der Waals surface area contributed by atoms with Crippen LogP contribution < -0.4 is 0 Å². The zero-order valence-corrected chi connectivity index (χ0v) is 10.0. The molecule has 1 saturated heterocycles. The normalized spacial score (nSPS) is 24.9. The van der Waals surface area contributed by atoms with Crippen molar-refractivity contribution >= 4 is 5.91 Å². The fourth-order valence-corrected chi connectivity index (χ4v) is 2.18. The summed E-state index contributed by atoms with van der Waals surface area (Å²) in [4.78, 5) is 18.0. The van der Waals surface area contributed by atoms with Gasteiger partial charge in [-0.25, -0.2) is 4.98 Å². The topological polar surface area (TPSA) is 75.8 Å². The molecule has 1 saturated carbocycles. The number of hydrogen-bond donors (Lipinski definition) is 1. The lowest BCUT2D eigenvalue weighted by Crippen LogP contribution is -2.38. The molecule has 1 amide bonds. The zero-order valence-electron chi connectivity index (χ0n) is 10.0. The number of ether oxygens (including phenoxy) is 1. The average Bonchev–Trinajstić information content (AvgIpc) is 3.13. The number of rotatable bonds is 2. The van der Waals surface area contributed by atoms with E-state index in [2.05, 4.69) is 4.98 Å². The average molecular weight is 252 g/mol. The van der Waals surface area contributed by atoms with Crippen molar-refractivity contribution in [1.82, 2.24) is 9.88 Å². The van der Waals surface area contributed by atoms with E-state index in [1.54, 1.807) is 4.90 Å². The first-order chi connectivity index (χ1) is 8.75. The summed E-state index contributed by atoms with van der Waals surface area (Å²) in [6, 6.07) is 0. The number of β-amino-alcohol motifs (C(OH)–C–C–N with tert-alkyl or cyclic N) is 1. The molecule has 3 rings (SSSR count). The molecule has 6 heteroatoms. The Morgan fingerprint density at radius 3 is 3.11 bits per heavy atom. The fraction of sp³-hybridized carbons (Fsp3) is 0.667. The van der Waals surface area contributed by atoms with Gasteiger partial charge in [-0.3, -0.25) is 4.79 Å². The van der Waals surface area contributed by atoms with Gasteiger partial charge in [0.15, 0.2) is 12.1 Å². The summed E-state index contributed by atoms with van der Waals surface area (Å²) in [5.41, 5.74) is 0.395. The predicted octanol–water partition coefficient (Wildman–Crippen LogP) is 0.385. The van der Waals surface area contributed by atoms with E-state index in [0.717, 1.165) is 12.8 Å². The number of hydrogen-bond acceptors (Lipinski definition) is 5. The number of carbonyl (C=O) groups is 1. The predicted molar refractivity (Wildman–Crippen MR) is 61.2 cm³/mol. The molecule has 6 nitrogen and oxygen atoms in total. The molecule has 2 fully saturated rings. The summed E-state index contributed by atoms with van der Waals surface area (Å²) in [6.07, 6.45) is 2.81. The van der Waals surface area contributed by atoms with Crippen LogP contribution in [0.4, 0.5) is 0 Å². The van der Waals surface area contributed by atoms with Crippen molar-refractivity contribution in [1.29, 1.82) is 0 Å². The molecule has 98 valence electrons. The minimum Gasteiger partial charge on any atom is -0.447 e. The van der Waals surface area contributed by atoms with Crippen LogP contribution in [0.5, 0.6) is 0 Å². The van der Waals surface area contributed by atoms with Crippen molar-refractivity contribution in [3.05, 3.63) is 17.8 Å². The number of aliphatic hydroxyl groups is 1. The number of oxazole rings is 1. The minimum atomic E-state index is -0.632. The van der Waals surface area contributed by atoms with Gasteiger partial charge in [0.25, 0.3) is 5.91 Å². The van der Waals surface area contributed by atoms with E-state index in [-0.39, 0.29) is 19.1 Å². The highest BCUT2D eigenvalue weighted by Gasteiger charge is 2.34. The van der Waals surface area contributed by atoms with Gasteiger partial charge in [-0.15, -0.1) is 0 Å². The Morgan fingerprint density at radius 2 is 2.33 bits per heavy atom. The number of amides is 1. The van der Waals surface area contributed by atoms with Gasteiger partial charge >= 0.3 is 0 Å². The van der Waals surface area contributed by atoms with Gasteiger partial charge in [0.05, 0.1) is 19.3 Å². The van der Waals surface area contributed by atoms with Crippen LogP contribution in [0.25, 0.3) is 0 Å². The van der Waals surface area contributed by atoms with Crippen LogP contribution in [-0.4, -0.2) is 53.3 Å². The molecule has 0 spiro atoms. The van der Waals surface area contributed by atoms with Gasteiger partial charge in [0.2, 0.25) is 0 Å². The second kappa shape index (κ2) is 4.70. The van der Waals surface area contributed by atoms with Crippen LogP contribution in [0, 0.1) is 0 Å². The number of carbonyl (C=O) groups excluding carboxylic acids is 1. The SMILES string of the molecule is O=C(c1ncoc1C1CC1)N1CCOCC(O)C1. The van der Waals surface area contributed by atoms with Crippen molar-refractivity contribution in [2.75, 3.05) is 26.3 Å². The second-order valence-corrected chi connectivity index (χ2v) is 4.82. The highest BCUT2D eigenvalue weighted by molar-refractivity contribution is 5.93. The van der Waals surface area contributed by atoms with Crippen molar-refractivity contribution < 1.29 is 19.1 Å².